The number of benzene rings is 1. The van der Waals surface area contributed by atoms with E-state index in [9.17, 15) is 36.4 Å². The molecule has 5 atom stereocenters. The van der Waals surface area contributed by atoms with Crippen LogP contribution in [0.4, 0.5) is 8.78 Å². The van der Waals surface area contributed by atoms with Gasteiger partial charge in [0.2, 0.25) is 27.7 Å². The fraction of sp³-hybridized carbons (Fsp3) is 0.535. The van der Waals surface area contributed by atoms with Gasteiger partial charge in [0, 0.05) is 66.7 Å². The van der Waals surface area contributed by atoms with Crippen molar-refractivity contribution in [1.29, 1.82) is 0 Å². The third-order valence-electron chi connectivity index (χ3n) is 12.2. The highest BCUT2D eigenvalue weighted by Gasteiger charge is 2.62. The van der Waals surface area contributed by atoms with E-state index in [0.29, 0.717) is 46.5 Å². The molecule has 60 heavy (non-hydrogen) atoms. The van der Waals surface area contributed by atoms with Crippen LogP contribution in [0.5, 0.6) is 11.5 Å². The number of piperidine rings is 1. The molecule has 2 aliphatic carbocycles. The number of aromatic nitrogens is 2. The zero-order chi connectivity index (χ0) is 43.4. The van der Waals surface area contributed by atoms with Gasteiger partial charge in [0.1, 0.15) is 29.2 Å². The number of fused-ring (bicyclic) bond motifs is 1. The number of pyridine rings is 2. The summed E-state index contributed by atoms with van der Waals surface area (Å²) < 4.78 is 68.9. The molecule has 1 aromatic carbocycles. The lowest BCUT2D eigenvalue weighted by Crippen LogP contribution is -2.57. The van der Waals surface area contributed by atoms with Gasteiger partial charge in [-0.1, -0.05) is 26.8 Å². The summed E-state index contributed by atoms with van der Waals surface area (Å²) in [5, 5.41) is 2.75. The van der Waals surface area contributed by atoms with Crippen LogP contribution in [0.15, 0.2) is 55.4 Å². The largest absolute Gasteiger partial charge is 0.496 e. The van der Waals surface area contributed by atoms with Gasteiger partial charge in [-0.05, 0) is 62.3 Å². The Bertz CT molecular complexity index is 2320. The van der Waals surface area contributed by atoms with Gasteiger partial charge >= 0.3 is 0 Å². The number of sulfonamides is 1. The van der Waals surface area contributed by atoms with Crippen molar-refractivity contribution in [3.8, 4) is 22.8 Å². The molecular formula is C43H52F2N6O8S. The molecular weight excluding hydrogens is 799 g/mol. The number of carbonyl (C=O) groups is 4. The van der Waals surface area contributed by atoms with Crippen molar-refractivity contribution >= 4 is 44.6 Å². The van der Waals surface area contributed by atoms with E-state index in [1.165, 1.54) is 11.0 Å². The molecule has 2 aromatic heterocycles. The molecule has 0 spiro atoms. The van der Waals surface area contributed by atoms with E-state index in [1.807, 2.05) is 19.1 Å². The number of methoxy groups -OCH3 is 1. The van der Waals surface area contributed by atoms with Crippen LogP contribution < -0.4 is 19.5 Å². The van der Waals surface area contributed by atoms with Gasteiger partial charge < -0.3 is 24.6 Å². The lowest BCUT2D eigenvalue weighted by Gasteiger charge is -2.37. The quantitative estimate of drug-likeness (QED) is 0.224. The van der Waals surface area contributed by atoms with Crippen LogP contribution in [0.25, 0.3) is 22.2 Å². The standard InChI is InChI=1S/C43H52F2N6O8S/c1-7-27-21-43(27,40(55)49-60(56,57)29-11-12-29)48-38(53)33-18-28(23-51(33)39(54)31(41(3,4)5)19-36(52)50-17-9-15-42(44,45)24-50)59-35-20-32(26-10-8-16-46-22-26)47-37-25(2)34(58-6)14-13-30(35)37/h7-8,10,13-14,16,20,22,27-29,31,33H,1,9,11-12,15,17-19,21,23-24H2,2-6H3,(H,48,53)(H,49,55)/t27-,28-,31-,33+,43?/m1/s1. The maximum atomic E-state index is 14.9. The predicted molar refractivity (Wildman–Crippen MR) is 218 cm³/mol. The molecule has 2 aliphatic heterocycles. The lowest BCUT2D eigenvalue weighted by atomic mass is 9.77. The van der Waals surface area contributed by atoms with Crippen molar-refractivity contribution < 1.29 is 45.9 Å². The van der Waals surface area contributed by atoms with Gasteiger partial charge in [0.05, 0.1) is 42.6 Å². The molecule has 17 heteroatoms. The second-order valence-electron chi connectivity index (χ2n) is 17.6. The SMILES string of the molecule is C=C[C@@H]1CC1(NC(=O)[C@@H]1C[C@@H](Oc2cc(-c3cccnc3)nc3c(C)c(OC)ccc23)CN1C(=O)[C@@H](CC(=O)N1CCCC(F)(F)C1)C(C)(C)C)C(=O)NS(=O)(=O)C1CC1. The van der Waals surface area contributed by atoms with Crippen LogP contribution in [0, 0.1) is 24.2 Å². The molecule has 4 fully saturated rings. The smallest absolute Gasteiger partial charge is 0.265 e. The second kappa shape index (κ2) is 16.0. The topological polar surface area (TPSA) is 177 Å². The van der Waals surface area contributed by atoms with E-state index in [0.717, 1.165) is 10.5 Å². The number of aryl methyl sites for hydroxylation is 1. The Kier molecular flexibility index (Phi) is 11.5. The van der Waals surface area contributed by atoms with Crippen molar-refractivity contribution in [3.63, 3.8) is 0 Å². The number of alkyl halides is 2. The first-order valence-corrected chi connectivity index (χ1v) is 21.8. The minimum absolute atomic E-state index is 0.0429. The molecule has 2 saturated heterocycles. The molecule has 2 saturated carbocycles. The summed E-state index contributed by atoms with van der Waals surface area (Å²) in [7, 11) is -2.40. The summed E-state index contributed by atoms with van der Waals surface area (Å²) in [5.41, 5.74) is 0.135. The van der Waals surface area contributed by atoms with Crippen molar-refractivity contribution in [2.45, 2.75) is 101 Å². The third kappa shape index (κ3) is 8.68. The molecule has 14 nitrogen and oxygen atoms in total. The molecule has 4 aliphatic rings. The average Bonchev–Trinajstić information content (AvgIpc) is 4.13. The van der Waals surface area contributed by atoms with Crippen LogP contribution in [0.1, 0.15) is 71.3 Å². The van der Waals surface area contributed by atoms with Gasteiger partial charge in [0.15, 0.2) is 0 Å². The minimum Gasteiger partial charge on any atom is -0.496 e. The van der Waals surface area contributed by atoms with Crippen LogP contribution >= 0.6 is 0 Å². The van der Waals surface area contributed by atoms with Gasteiger partial charge in [-0.2, -0.15) is 0 Å². The number of halogens is 2. The van der Waals surface area contributed by atoms with E-state index in [-0.39, 0.29) is 45.2 Å². The van der Waals surface area contributed by atoms with E-state index in [4.69, 9.17) is 14.5 Å². The van der Waals surface area contributed by atoms with Gasteiger partial charge in [0.25, 0.3) is 11.8 Å². The number of ether oxygens (including phenoxy) is 2. The predicted octanol–water partition coefficient (Wildman–Crippen LogP) is 4.94. The molecule has 7 rings (SSSR count). The first kappa shape index (κ1) is 42.9. The Morgan fingerprint density at radius 2 is 1.88 bits per heavy atom. The fourth-order valence-corrected chi connectivity index (χ4v) is 9.74. The van der Waals surface area contributed by atoms with Crippen LogP contribution in [-0.4, -0.2) is 107 Å². The normalized spacial score (nSPS) is 24.4. The van der Waals surface area contributed by atoms with Crippen molar-refractivity contribution in [1.82, 2.24) is 29.8 Å². The van der Waals surface area contributed by atoms with E-state index < -0.39 is 86.3 Å². The Labute approximate surface area is 348 Å². The molecule has 3 aromatic rings. The number of likely N-dealkylation sites (tertiary alicyclic amines) is 2. The van der Waals surface area contributed by atoms with E-state index in [1.54, 1.807) is 58.5 Å². The van der Waals surface area contributed by atoms with Crippen molar-refractivity contribution in [2.75, 3.05) is 26.7 Å². The number of nitrogens with one attached hydrogen (secondary N) is 2. The Morgan fingerprint density at radius 1 is 1.13 bits per heavy atom. The summed E-state index contributed by atoms with van der Waals surface area (Å²) in [6.07, 6.45) is 4.32. The molecule has 2 N–H and O–H groups in total. The highest BCUT2D eigenvalue weighted by Crippen LogP contribution is 2.46. The number of nitrogens with zero attached hydrogens (tertiary/aromatic N) is 4. The van der Waals surface area contributed by atoms with Gasteiger partial charge in [-0.15, -0.1) is 6.58 Å². The van der Waals surface area contributed by atoms with Crippen LogP contribution in [0.3, 0.4) is 0 Å². The summed E-state index contributed by atoms with van der Waals surface area (Å²) in [5.74, 6) is -6.39. The lowest BCUT2D eigenvalue weighted by molar-refractivity contribution is -0.151. The Balaban J connectivity index is 1.23. The number of hydrogen-bond acceptors (Lipinski definition) is 10. The summed E-state index contributed by atoms with van der Waals surface area (Å²) in [6, 6.07) is 7.76. The highest BCUT2D eigenvalue weighted by atomic mass is 32.2. The molecule has 322 valence electrons. The molecule has 4 heterocycles. The van der Waals surface area contributed by atoms with E-state index in [2.05, 4.69) is 21.6 Å². The Morgan fingerprint density at radius 3 is 2.50 bits per heavy atom. The zero-order valence-electron chi connectivity index (χ0n) is 34.5. The number of amides is 4. The van der Waals surface area contributed by atoms with Gasteiger partial charge in [-0.25, -0.2) is 22.2 Å². The fourth-order valence-electron chi connectivity index (χ4n) is 8.38. The van der Waals surface area contributed by atoms with Crippen molar-refractivity contribution in [2.24, 2.45) is 17.3 Å². The number of rotatable bonds is 13. The number of hydrogen-bond donors (Lipinski definition) is 2. The molecule has 1 unspecified atom stereocenters. The molecule has 4 amide bonds. The summed E-state index contributed by atoms with van der Waals surface area (Å²) in [6.45, 7) is 10.3. The second-order valence-corrected chi connectivity index (χ2v) is 19.6. The van der Waals surface area contributed by atoms with E-state index >= 15 is 0 Å². The van der Waals surface area contributed by atoms with Crippen LogP contribution in [0.2, 0.25) is 0 Å². The minimum atomic E-state index is -3.96. The zero-order valence-corrected chi connectivity index (χ0v) is 35.3. The maximum absolute atomic E-state index is 14.9. The summed E-state index contributed by atoms with van der Waals surface area (Å²) in [4.78, 5) is 68.3. The Hall–Kier alpha value is -5.19. The van der Waals surface area contributed by atoms with Crippen LogP contribution in [-0.2, 0) is 29.2 Å². The summed E-state index contributed by atoms with van der Waals surface area (Å²) >= 11 is 0. The first-order chi connectivity index (χ1) is 28.3. The average molecular weight is 851 g/mol. The van der Waals surface area contributed by atoms with Gasteiger partial charge in [-0.3, -0.25) is 28.9 Å². The highest BCUT2D eigenvalue weighted by molar-refractivity contribution is 7.91. The third-order valence-corrected chi connectivity index (χ3v) is 14.0. The maximum Gasteiger partial charge on any atom is 0.265 e. The monoisotopic (exact) mass is 850 g/mol. The molecule has 0 radical (unpaired) electrons. The van der Waals surface area contributed by atoms with Crippen molar-refractivity contribution in [3.05, 3.63) is 60.9 Å². The molecule has 0 bridgehead atoms. The number of carbonyl (C=O) groups excluding carboxylic acids is 4. The first-order valence-electron chi connectivity index (χ1n) is 20.3.